The molecule has 170 valence electrons. The van der Waals surface area contributed by atoms with Crippen LogP contribution in [-0.4, -0.2) is 6.21 Å². The van der Waals surface area contributed by atoms with E-state index >= 15 is 0 Å². The molecule has 0 heterocycles. The second kappa shape index (κ2) is 10.7. The summed E-state index contributed by atoms with van der Waals surface area (Å²) in [5.74, 6) is 1.58. The Labute approximate surface area is 204 Å². The lowest BCUT2D eigenvalue weighted by atomic mass is 9.70. The first-order valence-corrected chi connectivity index (χ1v) is 12.6. The van der Waals surface area contributed by atoms with E-state index in [9.17, 15) is 0 Å². The number of rotatable bonds is 6. The van der Waals surface area contributed by atoms with E-state index in [4.69, 9.17) is 5.41 Å². The Bertz CT molecular complexity index is 1190. The van der Waals surface area contributed by atoms with Crippen molar-refractivity contribution in [1.82, 2.24) is 0 Å². The molecule has 1 aromatic carbocycles. The van der Waals surface area contributed by atoms with Gasteiger partial charge in [0.2, 0.25) is 0 Å². The number of hydrogen-bond donors (Lipinski definition) is 1. The Kier molecular flexibility index (Phi) is 7.00. The van der Waals surface area contributed by atoms with Crippen LogP contribution in [0.3, 0.4) is 0 Å². The molecule has 4 aliphatic carbocycles. The summed E-state index contributed by atoms with van der Waals surface area (Å²) in [5, 5.41) is 7.06. The Morgan fingerprint density at radius 1 is 0.853 bits per heavy atom. The molecule has 34 heavy (non-hydrogen) atoms. The molecule has 1 N–H and O–H groups in total. The fourth-order valence-corrected chi connectivity index (χ4v) is 5.65. The highest BCUT2D eigenvalue weighted by atomic mass is 14.3. The first-order valence-electron chi connectivity index (χ1n) is 12.6. The fourth-order valence-electron chi connectivity index (χ4n) is 5.65. The molecular formula is C33H33N. The van der Waals surface area contributed by atoms with Crippen LogP contribution in [0.4, 0.5) is 0 Å². The van der Waals surface area contributed by atoms with E-state index in [0.717, 1.165) is 19.3 Å². The first kappa shape index (κ1) is 22.3. The lowest BCUT2D eigenvalue weighted by Crippen LogP contribution is -2.20. The summed E-state index contributed by atoms with van der Waals surface area (Å²) in [7, 11) is 0. The molecule has 0 saturated carbocycles. The van der Waals surface area contributed by atoms with Crippen molar-refractivity contribution in [3.63, 3.8) is 0 Å². The van der Waals surface area contributed by atoms with Crippen molar-refractivity contribution in [1.29, 1.82) is 5.41 Å². The van der Waals surface area contributed by atoms with Crippen LogP contribution >= 0.6 is 0 Å². The molecule has 0 aromatic heterocycles. The van der Waals surface area contributed by atoms with E-state index in [1.54, 1.807) is 11.6 Å². The molecule has 0 radical (unpaired) electrons. The minimum atomic E-state index is 0.439. The van der Waals surface area contributed by atoms with Crippen LogP contribution < -0.4 is 0 Å². The van der Waals surface area contributed by atoms with E-state index in [1.807, 2.05) is 12.2 Å². The molecule has 0 fully saturated rings. The van der Waals surface area contributed by atoms with Gasteiger partial charge >= 0.3 is 0 Å². The molecule has 4 aliphatic rings. The number of fused-ring (bicyclic) bond motifs is 1. The molecule has 0 bridgehead atoms. The Morgan fingerprint density at radius 2 is 1.76 bits per heavy atom. The smallest absolute Gasteiger partial charge is 0.0177 e. The third-order valence-corrected chi connectivity index (χ3v) is 7.47. The lowest BCUT2D eigenvalue weighted by molar-refractivity contribution is 0.502. The van der Waals surface area contributed by atoms with Gasteiger partial charge in [-0.15, -0.1) is 0 Å². The predicted molar refractivity (Wildman–Crippen MR) is 146 cm³/mol. The highest BCUT2D eigenvalue weighted by molar-refractivity contribution is 5.68. The van der Waals surface area contributed by atoms with Gasteiger partial charge in [-0.05, 0) is 71.9 Å². The quantitative estimate of drug-likeness (QED) is 0.336. The molecular weight excluding hydrogens is 410 g/mol. The summed E-state index contributed by atoms with van der Waals surface area (Å²) in [4.78, 5) is 0. The van der Waals surface area contributed by atoms with E-state index in [0.29, 0.717) is 17.8 Å². The molecule has 3 atom stereocenters. The first-order chi connectivity index (χ1) is 16.8. The highest BCUT2D eigenvalue weighted by Gasteiger charge is 2.30. The summed E-state index contributed by atoms with van der Waals surface area (Å²) in [6, 6.07) is 8.99. The van der Waals surface area contributed by atoms with Gasteiger partial charge in [-0.25, -0.2) is 0 Å². The Hall–Kier alpha value is -3.45. The van der Waals surface area contributed by atoms with Crippen molar-refractivity contribution >= 4 is 12.3 Å². The van der Waals surface area contributed by atoms with Crippen molar-refractivity contribution < 1.29 is 0 Å². The van der Waals surface area contributed by atoms with Crippen LogP contribution in [0.5, 0.6) is 0 Å². The average Bonchev–Trinajstić information content (AvgIpc) is 2.92. The Balaban J connectivity index is 1.36. The third-order valence-electron chi connectivity index (χ3n) is 7.47. The van der Waals surface area contributed by atoms with Crippen molar-refractivity contribution in [2.45, 2.75) is 38.0 Å². The van der Waals surface area contributed by atoms with Gasteiger partial charge in [-0.3, -0.25) is 0 Å². The molecule has 1 nitrogen and oxygen atoms in total. The minimum absolute atomic E-state index is 0.439. The molecule has 0 spiro atoms. The maximum Gasteiger partial charge on any atom is 0.0177 e. The number of hydrogen-bond acceptors (Lipinski definition) is 1. The lowest BCUT2D eigenvalue weighted by Gasteiger charge is -2.34. The van der Waals surface area contributed by atoms with Gasteiger partial charge in [0.15, 0.2) is 0 Å². The molecule has 3 unspecified atom stereocenters. The van der Waals surface area contributed by atoms with Gasteiger partial charge in [-0.1, -0.05) is 109 Å². The van der Waals surface area contributed by atoms with Gasteiger partial charge < -0.3 is 5.41 Å². The van der Waals surface area contributed by atoms with Crippen LogP contribution in [0.2, 0.25) is 0 Å². The normalized spacial score (nSPS) is 26.2. The fraction of sp³-hybridized carbons (Fsp3) is 0.242. The van der Waals surface area contributed by atoms with Crippen molar-refractivity contribution in [2.24, 2.45) is 11.8 Å². The maximum atomic E-state index is 7.06. The largest absolute Gasteiger partial charge is 0.309 e. The van der Waals surface area contributed by atoms with E-state index in [1.165, 1.54) is 46.9 Å². The molecule has 1 aromatic rings. The van der Waals surface area contributed by atoms with Crippen LogP contribution in [0.15, 0.2) is 126 Å². The second-order valence-corrected chi connectivity index (χ2v) is 9.51. The van der Waals surface area contributed by atoms with Gasteiger partial charge in [0.05, 0.1) is 0 Å². The van der Waals surface area contributed by atoms with Crippen LogP contribution in [0, 0.1) is 17.2 Å². The SMILES string of the molecule is N=C/C=C\C=C\c1ccc(C2C=CC(C3=CC=C(C4C=CC=CC4)CC3)=C3C=CCCC32)cc1. The summed E-state index contributed by atoms with van der Waals surface area (Å²) in [6.45, 7) is 0. The summed E-state index contributed by atoms with van der Waals surface area (Å²) >= 11 is 0. The third kappa shape index (κ3) is 4.89. The van der Waals surface area contributed by atoms with Gasteiger partial charge in [-0.2, -0.15) is 0 Å². The topological polar surface area (TPSA) is 23.9 Å². The molecule has 0 aliphatic heterocycles. The zero-order valence-electron chi connectivity index (χ0n) is 19.7. The summed E-state index contributed by atoms with van der Waals surface area (Å²) in [6.07, 6.45) is 38.2. The monoisotopic (exact) mass is 443 g/mol. The Morgan fingerprint density at radius 3 is 2.53 bits per heavy atom. The van der Waals surface area contributed by atoms with Crippen molar-refractivity contribution in [3.05, 3.63) is 137 Å². The van der Waals surface area contributed by atoms with E-state index in [2.05, 4.69) is 91.1 Å². The maximum absolute atomic E-state index is 7.06. The minimum Gasteiger partial charge on any atom is -0.309 e. The zero-order chi connectivity index (χ0) is 23.2. The van der Waals surface area contributed by atoms with Crippen LogP contribution in [-0.2, 0) is 0 Å². The number of allylic oxidation sites excluding steroid dienone is 17. The average molecular weight is 444 g/mol. The van der Waals surface area contributed by atoms with Crippen molar-refractivity contribution in [3.8, 4) is 0 Å². The summed E-state index contributed by atoms with van der Waals surface area (Å²) in [5.41, 5.74) is 8.66. The van der Waals surface area contributed by atoms with Gasteiger partial charge in [0.1, 0.15) is 0 Å². The molecule has 0 saturated heterocycles. The standard InChI is InChI=1S/C33H33N/c34-24-8-2-3-9-25-14-16-28(17-15-25)30-22-23-31(33-13-7-6-12-32(30)33)29-20-18-27(19-21-29)26-10-4-1-5-11-26/h1-5,7-10,13-18,20,22-24,26,30,32,34H,6,11-12,19,21H2/b8-2-,9-3+,34-24?. The molecule has 1 heteroatoms. The molecule has 0 amide bonds. The van der Waals surface area contributed by atoms with Gasteiger partial charge in [0, 0.05) is 18.1 Å². The van der Waals surface area contributed by atoms with Crippen LogP contribution in [0.25, 0.3) is 6.08 Å². The molecule has 5 rings (SSSR count). The predicted octanol–water partition coefficient (Wildman–Crippen LogP) is 8.60. The second-order valence-electron chi connectivity index (χ2n) is 9.51. The van der Waals surface area contributed by atoms with E-state index < -0.39 is 0 Å². The summed E-state index contributed by atoms with van der Waals surface area (Å²) < 4.78 is 0. The number of benzene rings is 1. The van der Waals surface area contributed by atoms with E-state index in [-0.39, 0.29) is 0 Å². The highest BCUT2D eigenvalue weighted by Crippen LogP contribution is 2.45. The van der Waals surface area contributed by atoms with Crippen LogP contribution in [0.1, 0.15) is 49.1 Å². The zero-order valence-corrected chi connectivity index (χ0v) is 19.7. The van der Waals surface area contributed by atoms with Gasteiger partial charge in [0.25, 0.3) is 0 Å². The van der Waals surface area contributed by atoms with Crippen molar-refractivity contribution in [2.75, 3.05) is 0 Å². The number of nitrogens with one attached hydrogen (secondary N) is 1.